The zero-order valence-electron chi connectivity index (χ0n) is 15.2. The van der Waals surface area contributed by atoms with Crippen molar-refractivity contribution in [3.05, 3.63) is 53.6 Å². The zero-order chi connectivity index (χ0) is 17.8. The average Bonchev–Trinajstić information content (AvgIpc) is 3.02. The lowest BCUT2D eigenvalue weighted by Gasteiger charge is -2.17. The molecule has 1 heterocycles. The lowest BCUT2D eigenvalue weighted by atomic mass is 9.94. The van der Waals surface area contributed by atoms with Crippen molar-refractivity contribution in [2.45, 2.75) is 46.0 Å². The molecule has 132 valence electrons. The van der Waals surface area contributed by atoms with Gasteiger partial charge in [0.05, 0.1) is 5.69 Å². The molecule has 0 aliphatic heterocycles. The molecule has 0 fully saturated rings. The van der Waals surface area contributed by atoms with Crippen LogP contribution < -0.4 is 5.32 Å². The number of rotatable bonds is 5. The largest absolute Gasteiger partial charge is 0.349 e. The second kappa shape index (κ2) is 7.64. The molecule has 0 radical (unpaired) electrons. The predicted octanol–water partition coefficient (Wildman–Crippen LogP) is 3.79. The minimum atomic E-state index is -0.196. The molecule has 1 aromatic heterocycles. The molecule has 1 unspecified atom stereocenters. The molecule has 1 N–H and O–H groups in total. The highest BCUT2D eigenvalue weighted by atomic mass is 16.2. The SMILES string of the molecule is Cc1nc(C(=O)NCC2CC=CCC2)nn1-c1ccccc1C(C)C. The normalized spacial score (nSPS) is 17.0. The predicted molar refractivity (Wildman–Crippen MR) is 99.0 cm³/mol. The van der Waals surface area contributed by atoms with Gasteiger partial charge >= 0.3 is 0 Å². The molecule has 1 amide bonds. The molecular weight excluding hydrogens is 312 g/mol. The Bertz CT molecular complexity index is 776. The van der Waals surface area contributed by atoms with Crippen molar-refractivity contribution in [3.8, 4) is 5.69 Å². The Morgan fingerprint density at radius 3 is 2.84 bits per heavy atom. The maximum atomic E-state index is 12.4. The fraction of sp³-hybridized carbons (Fsp3) is 0.450. The Hall–Kier alpha value is -2.43. The third kappa shape index (κ3) is 3.98. The number of para-hydroxylation sites is 1. The average molecular weight is 338 g/mol. The Balaban J connectivity index is 1.76. The van der Waals surface area contributed by atoms with Crippen LogP contribution in [0.2, 0.25) is 0 Å². The van der Waals surface area contributed by atoms with E-state index in [0.29, 0.717) is 18.4 Å². The summed E-state index contributed by atoms with van der Waals surface area (Å²) in [5.41, 5.74) is 2.18. The highest BCUT2D eigenvalue weighted by molar-refractivity contribution is 5.90. The molecule has 0 spiro atoms. The van der Waals surface area contributed by atoms with Gasteiger partial charge in [-0.05, 0) is 49.7 Å². The molecule has 5 nitrogen and oxygen atoms in total. The van der Waals surface area contributed by atoms with Crippen LogP contribution in [0.3, 0.4) is 0 Å². The topological polar surface area (TPSA) is 59.8 Å². The van der Waals surface area contributed by atoms with E-state index in [-0.39, 0.29) is 11.7 Å². The van der Waals surface area contributed by atoms with E-state index in [1.165, 1.54) is 5.56 Å². The molecule has 1 aromatic carbocycles. The van der Waals surface area contributed by atoms with E-state index < -0.39 is 0 Å². The number of nitrogens with one attached hydrogen (secondary N) is 1. The molecular formula is C20H26N4O. The van der Waals surface area contributed by atoms with Gasteiger partial charge in [0.25, 0.3) is 5.91 Å². The van der Waals surface area contributed by atoms with Crippen LogP contribution in [-0.2, 0) is 0 Å². The van der Waals surface area contributed by atoms with Gasteiger partial charge in [0.1, 0.15) is 5.82 Å². The summed E-state index contributed by atoms with van der Waals surface area (Å²) in [7, 11) is 0. The number of allylic oxidation sites excluding steroid dienone is 2. The van der Waals surface area contributed by atoms with Crippen molar-refractivity contribution in [2.75, 3.05) is 6.54 Å². The fourth-order valence-electron chi connectivity index (χ4n) is 3.24. The summed E-state index contributed by atoms with van der Waals surface area (Å²) in [5, 5.41) is 7.45. The number of aromatic nitrogens is 3. The summed E-state index contributed by atoms with van der Waals surface area (Å²) in [6.07, 6.45) is 7.65. The minimum absolute atomic E-state index is 0.196. The third-order valence-corrected chi connectivity index (χ3v) is 4.69. The number of nitrogens with zero attached hydrogens (tertiary/aromatic N) is 3. The van der Waals surface area contributed by atoms with E-state index in [0.717, 1.165) is 30.8 Å². The number of hydrogen-bond donors (Lipinski definition) is 1. The van der Waals surface area contributed by atoms with Crippen LogP contribution in [0.15, 0.2) is 36.4 Å². The number of carbonyl (C=O) groups is 1. The first-order valence-corrected chi connectivity index (χ1v) is 9.02. The van der Waals surface area contributed by atoms with Gasteiger partial charge in [0, 0.05) is 6.54 Å². The van der Waals surface area contributed by atoms with Crippen molar-refractivity contribution >= 4 is 5.91 Å². The van der Waals surface area contributed by atoms with Crippen LogP contribution in [0.1, 0.15) is 61.0 Å². The summed E-state index contributed by atoms with van der Waals surface area (Å²) in [6.45, 7) is 6.86. The van der Waals surface area contributed by atoms with Crippen molar-refractivity contribution in [3.63, 3.8) is 0 Å². The molecule has 0 saturated heterocycles. The number of hydrogen-bond acceptors (Lipinski definition) is 3. The number of carbonyl (C=O) groups excluding carboxylic acids is 1. The molecule has 1 aliphatic rings. The number of benzene rings is 1. The van der Waals surface area contributed by atoms with Crippen molar-refractivity contribution in [1.82, 2.24) is 20.1 Å². The van der Waals surface area contributed by atoms with Gasteiger partial charge in [-0.25, -0.2) is 9.67 Å². The molecule has 2 aromatic rings. The molecule has 1 aliphatic carbocycles. The Labute approximate surface area is 149 Å². The smallest absolute Gasteiger partial charge is 0.290 e. The standard InChI is InChI=1S/C20H26N4O/c1-14(2)17-11-7-8-12-18(17)24-15(3)22-19(23-24)20(25)21-13-16-9-5-4-6-10-16/h4-5,7-8,11-12,14,16H,6,9-10,13H2,1-3H3,(H,21,25). The lowest BCUT2D eigenvalue weighted by Crippen LogP contribution is -2.30. The summed E-state index contributed by atoms with van der Waals surface area (Å²) >= 11 is 0. The lowest BCUT2D eigenvalue weighted by molar-refractivity contribution is 0.0936. The van der Waals surface area contributed by atoms with Gasteiger partial charge in [-0.2, -0.15) is 0 Å². The first-order valence-electron chi connectivity index (χ1n) is 9.02. The van der Waals surface area contributed by atoms with Gasteiger partial charge in [-0.15, -0.1) is 5.10 Å². The first kappa shape index (κ1) is 17.4. The van der Waals surface area contributed by atoms with E-state index in [1.807, 2.05) is 25.1 Å². The Morgan fingerprint density at radius 2 is 2.12 bits per heavy atom. The second-order valence-corrected chi connectivity index (χ2v) is 6.97. The van der Waals surface area contributed by atoms with Gasteiger partial charge in [-0.1, -0.05) is 44.2 Å². The monoisotopic (exact) mass is 338 g/mol. The summed E-state index contributed by atoms with van der Waals surface area (Å²) in [6, 6.07) is 8.13. The van der Waals surface area contributed by atoms with Crippen LogP contribution in [0.5, 0.6) is 0 Å². The van der Waals surface area contributed by atoms with Crippen LogP contribution in [-0.4, -0.2) is 27.2 Å². The van der Waals surface area contributed by atoms with Crippen molar-refractivity contribution < 1.29 is 4.79 Å². The van der Waals surface area contributed by atoms with E-state index in [4.69, 9.17) is 0 Å². The van der Waals surface area contributed by atoms with Gasteiger partial charge in [0.2, 0.25) is 5.82 Å². The van der Waals surface area contributed by atoms with E-state index in [1.54, 1.807) is 4.68 Å². The zero-order valence-corrected chi connectivity index (χ0v) is 15.2. The number of aryl methyl sites for hydroxylation is 1. The quantitative estimate of drug-likeness (QED) is 0.844. The van der Waals surface area contributed by atoms with E-state index in [9.17, 15) is 4.79 Å². The Kier molecular flexibility index (Phi) is 5.31. The molecule has 5 heteroatoms. The molecule has 25 heavy (non-hydrogen) atoms. The highest BCUT2D eigenvalue weighted by Crippen LogP contribution is 2.23. The first-order chi connectivity index (χ1) is 12.1. The van der Waals surface area contributed by atoms with Gasteiger partial charge < -0.3 is 5.32 Å². The molecule has 0 saturated carbocycles. The molecule has 1 atom stereocenters. The van der Waals surface area contributed by atoms with Crippen LogP contribution >= 0.6 is 0 Å². The summed E-state index contributed by atoms with van der Waals surface area (Å²) in [4.78, 5) is 16.8. The number of amides is 1. The fourth-order valence-corrected chi connectivity index (χ4v) is 3.24. The maximum absolute atomic E-state index is 12.4. The van der Waals surface area contributed by atoms with E-state index in [2.05, 4.69) is 47.5 Å². The minimum Gasteiger partial charge on any atom is -0.349 e. The molecule has 3 rings (SSSR count). The molecule has 0 bridgehead atoms. The third-order valence-electron chi connectivity index (χ3n) is 4.69. The Morgan fingerprint density at radius 1 is 1.32 bits per heavy atom. The van der Waals surface area contributed by atoms with Gasteiger partial charge in [0.15, 0.2) is 0 Å². The van der Waals surface area contributed by atoms with E-state index >= 15 is 0 Å². The van der Waals surface area contributed by atoms with Crippen LogP contribution in [0, 0.1) is 12.8 Å². The van der Waals surface area contributed by atoms with Crippen LogP contribution in [0.25, 0.3) is 5.69 Å². The van der Waals surface area contributed by atoms with Gasteiger partial charge in [-0.3, -0.25) is 4.79 Å². The van der Waals surface area contributed by atoms with Crippen molar-refractivity contribution in [1.29, 1.82) is 0 Å². The summed E-state index contributed by atoms with van der Waals surface area (Å²) in [5.74, 6) is 1.65. The summed E-state index contributed by atoms with van der Waals surface area (Å²) < 4.78 is 1.77. The van der Waals surface area contributed by atoms with Crippen LogP contribution in [0.4, 0.5) is 0 Å². The van der Waals surface area contributed by atoms with Crippen molar-refractivity contribution in [2.24, 2.45) is 5.92 Å². The maximum Gasteiger partial charge on any atom is 0.290 e. The highest BCUT2D eigenvalue weighted by Gasteiger charge is 2.19. The second-order valence-electron chi connectivity index (χ2n) is 6.97.